The first-order valence-corrected chi connectivity index (χ1v) is 13.6. The molecule has 6 N–H and O–H groups in total. The molecule has 1 aromatic carbocycles. The van der Waals surface area contributed by atoms with Crippen LogP contribution in [0.4, 0.5) is 16.4 Å². The zero-order chi connectivity index (χ0) is 30.4. The lowest BCUT2D eigenvalue weighted by molar-refractivity contribution is -0.151. The maximum atomic E-state index is 13.4. The standard InChI is InChI=1S/C26H27N7O8S/c1-3-9-27-25-28-10-16(20(35)32-25)29-26(40)31-17(14-7-5-4-6-8-14)21(36)30-18-22(37)33-19(24(38)39)15(11-41-13(2)34)12-42-23(18)33/h3-8,10,17-18,23H,1,9,11-12H2,2H3,(H,30,36)(H,38,39)(H2,29,31,40)(H2,27,28,32,35)/t17-,18?,23-/m1/s1. The molecule has 0 bridgehead atoms. The fourth-order valence-corrected chi connectivity index (χ4v) is 5.52. The summed E-state index contributed by atoms with van der Waals surface area (Å²) in [5, 5.41) is 19.3. The molecule has 1 unspecified atom stereocenters. The number of nitrogens with zero attached hydrogens (tertiary/aromatic N) is 2. The van der Waals surface area contributed by atoms with E-state index in [0.29, 0.717) is 12.1 Å². The van der Waals surface area contributed by atoms with Crippen LogP contribution in [0.5, 0.6) is 0 Å². The number of aromatic amines is 1. The number of aliphatic carboxylic acids is 1. The number of urea groups is 1. The Bertz CT molecular complexity index is 1510. The van der Waals surface area contributed by atoms with E-state index in [0.717, 1.165) is 11.1 Å². The number of carbonyl (C=O) groups excluding carboxylic acids is 4. The van der Waals surface area contributed by atoms with Crippen LogP contribution in [0.2, 0.25) is 0 Å². The number of β-lactam (4-membered cyclic amide) rings is 1. The molecule has 0 spiro atoms. The van der Waals surface area contributed by atoms with Crippen molar-refractivity contribution < 1.29 is 33.8 Å². The molecule has 2 aromatic rings. The normalized spacial score (nSPS) is 18.1. The predicted molar refractivity (Wildman–Crippen MR) is 151 cm³/mol. The van der Waals surface area contributed by atoms with Gasteiger partial charge in [-0.2, -0.15) is 0 Å². The molecule has 1 saturated heterocycles. The third-order valence-corrected chi connectivity index (χ3v) is 7.47. The summed E-state index contributed by atoms with van der Waals surface area (Å²) in [5.74, 6) is -3.04. The lowest BCUT2D eigenvalue weighted by Crippen LogP contribution is -2.71. The minimum Gasteiger partial charge on any atom is -0.477 e. The molecule has 42 heavy (non-hydrogen) atoms. The SMILES string of the molecule is C=CCNc1ncc(NC(=O)N[C@@H](C(=O)NC2C(=O)N3C(C(=O)O)=C(COC(C)=O)CS[C@H]23)c2ccccc2)c(=O)[nH]1. The second-order valence-corrected chi connectivity index (χ2v) is 10.1. The molecule has 220 valence electrons. The quantitative estimate of drug-likeness (QED) is 0.119. The lowest BCUT2D eigenvalue weighted by Gasteiger charge is -2.49. The van der Waals surface area contributed by atoms with Gasteiger partial charge in [-0.3, -0.25) is 29.1 Å². The van der Waals surface area contributed by atoms with Crippen molar-refractivity contribution in [3.05, 3.63) is 76.4 Å². The number of hydrogen-bond acceptors (Lipinski definition) is 10. The van der Waals surface area contributed by atoms with Gasteiger partial charge in [-0.1, -0.05) is 36.4 Å². The maximum absolute atomic E-state index is 13.4. The third-order valence-electron chi connectivity index (χ3n) is 6.13. The number of carboxylic acid groups (broad SMARTS) is 1. The van der Waals surface area contributed by atoms with Crippen LogP contribution < -0.4 is 26.8 Å². The number of esters is 1. The van der Waals surface area contributed by atoms with Crippen LogP contribution in [0.1, 0.15) is 18.5 Å². The average molecular weight is 598 g/mol. The molecule has 2 aliphatic heterocycles. The van der Waals surface area contributed by atoms with Crippen molar-refractivity contribution in [1.82, 2.24) is 25.5 Å². The molecule has 0 saturated carbocycles. The molecular formula is C26H27N7O8S. The molecule has 4 rings (SSSR count). The molecule has 4 amide bonds. The van der Waals surface area contributed by atoms with Gasteiger partial charge in [-0.15, -0.1) is 18.3 Å². The Hall–Kier alpha value is -5.12. The summed E-state index contributed by atoms with van der Waals surface area (Å²) in [6, 6.07) is 4.96. The van der Waals surface area contributed by atoms with Gasteiger partial charge in [-0.05, 0) is 5.56 Å². The number of ether oxygens (including phenoxy) is 1. The number of hydrogen-bond donors (Lipinski definition) is 6. The fraction of sp³-hybridized carbons (Fsp3) is 0.269. The van der Waals surface area contributed by atoms with Crippen LogP contribution in [0.3, 0.4) is 0 Å². The van der Waals surface area contributed by atoms with Crippen LogP contribution in [0.25, 0.3) is 0 Å². The molecule has 0 radical (unpaired) electrons. The summed E-state index contributed by atoms with van der Waals surface area (Å²) in [4.78, 5) is 82.3. The molecule has 15 nitrogen and oxygen atoms in total. The van der Waals surface area contributed by atoms with E-state index in [1.165, 1.54) is 18.7 Å². The second-order valence-electron chi connectivity index (χ2n) is 9.02. The van der Waals surface area contributed by atoms with Gasteiger partial charge in [-0.25, -0.2) is 14.6 Å². The molecule has 3 atom stereocenters. The van der Waals surface area contributed by atoms with E-state index in [-0.39, 0.29) is 35.3 Å². The van der Waals surface area contributed by atoms with Gasteiger partial charge in [0.1, 0.15) is 35.4 Å². The van der Waals surface area contributed by atoms with E-state index in [2.05, 4.69) is 37.8 Å². The number of rotatable bonds is 11. The molecule has 3 heterocycles. The largest absolute Gasteiger partial charge is 0.477 e. The summed E-state index contributed by atoms with van der Waals surface area (Å²) in [6.07, 6.45) is 2.72. The Labute approximate surface area is 242 Å². The van der Waals surface area contributed by atoms with E-state index in [1.54, 1.807) is 36.4 Å². The minimum absolute atomic E-state index is 0.156. The van der Waals surface area contributed by atoms with Crippen LogP contribution in [-0.2, 0) is 23.9 Å². The maximum Gasteiger partial charge on any atom is 0.352 e. The van der Waals surface area contributed by atoms with Crippen molar-refractivity contribution >= 4 is 53.2 Å². The monoisotopic (exact) mass is 597 g/mol. The number of anilines is 2. The summed E-state index contributed by atoms with van der Waals surface area (Å²) in [7, 11) is 0. The first-order chi connectivity index (χ1) is 20.1. The number of carbonyl (C=O) groups is 5. The second kappa shape index (κ2) is 13.0. The Morgan fingerprint density at radius 3 is 2.64 bits per heavy atom. The van der Waals surface area contributed by atoms with E-state index in [4.69, 9.17) is 4.74 Å². The first kappa shape index (κ1) is 29.9. The van der Waals surface area contributed by atoms with E-state index in [1.807, 2.05) is 0 Å². The number of fused-ring (bicyclic) bond motifs is 1. The van der Waals surface area contributed by atoms with E-state index < -0.39 is 52.8 Å². The van der Waals surface area contributed by atoms with Crippen molar-refractivity contribution in [3.8, 4) is 0 Å². The number of H-pyrrole nitrogens is 1. The fourth-order valence-electron chi connectivity index (χ4n) is 4.20. The molecule has 1 fully saturated rings. The third kappa shape index (κ3) is 6.60. The summed E-state index contributed by atoms with van der Waals surface area (Å²) < 4.78 is 4.93. The van der Waals surface area contributed by atoms with Crippen molar-refractivity contribution in [2.45, 2.75) is 24.4 Å². The van der Waals surface area contributed by atoms with Crippen molar-refractivity contribution in [3.63, 3.8) is 0 Å². The first-order valence-electron chi connectivity index (χ1n) is 12.5. The number of benzene rings is 1. The van der Waals surface area contributed by atoms with Gasteiger partial charge in [0, 0.05) is 24.8 Å². The number of thioether (sulfide) groups is 1. The number of aromatic nitrogens is 2. The minimum atomic E-state index is -1.37. The highest BCUT2D eigenvalue weighted by Gasteiger charge is 2.54. The zero-order valence-corrected chi connectivity index (χ0v) is 23.0. The van der Waals surface area contributed by atoms with Gasteiger partial charge in [0.2, 0.25) is 11.9 Å². The molecule has 2 aliphatic rings. The molecule has 1 aromatic heterocycles. The average Bonchev–Trinajstić information content (AvgIpc) is 2.97. The Morgan fingerprint density at radius 2 is 2.00 bits per heavy atom. The van der Waals surface area contributed by atoms with Crippen LogP contribution in [0, 0.1) is 0 Å². The van der Waals surface area contributed by atoms with Gasteiger partial charge in [0.15, 0.2) is 0 Å². The van der Waals surface area contributed by atoms with E-state index >= 15 is 0 Å². The van der Waals surface area contributed by atoms with Crippen LogP contribution >= 0.6 is 11.8 Å². The molecule has 0 aliphatic carbocycles. The van der Waals surface area contributed by atoms with Gasteiger partial charge in [0.25, 0.3) is 11.5 Å². The highest BCUT2D eigenvalue weighted by atomic mass is 32.2. The molecular weight excluding hydrogens is 570 g/mol. The number of nitrogens with one attached hydrogen (secondary N) is 5. The van der Waals surface area contributed by atoms with Crippen molar-refractivity contribution in [2.24, 2.45) is 0 Å². The summed E-state index contributed by atoms with van der Waals surface area (Å²) >= 11 is 1.20. The lowest BCUT2D eigenvalue weighted by atomic mass is 10.0. The van der Waals surface area contributed by atoms with Crippen molar-refractivity contribution in [2.75, 3.05) is 29.5 Å². The van der Waals surface area contributed by atoms with Gasteiger partial charge in [0.05, 0.1) is 6.20 Å². The number of amides is 4. The van der Waals surface area contributed by atoms with Crippen LogP contribution in [-0.4, -0.2) is 80.1 Å². The summed E-state index contributed by atoms with van der Waals surface area (Å²) in [5.41, 5.74) is -0.471. The predicted octanol–water partition coefficient (Wildman–Crippen LogP) is 0.532. The van der Waals surface area contributed by atoms with Crippen LogP contribution in [0.15, 0.2) is 65.2 Å². The molecule has 16 heteroatoms. The zero-order valence-electron chi connectivity index (χ0n) is 22.2. The Kier molecular flexibility index (Phi) is 9.26. The van der Waals surface area contributed by atoms with E-state index in [9.17, 15) is 33.9 Å². The van der Waals surface area contributed by atoms with Gasteiger partial charge >= 0.3 is 18.0 Å². The van der Waals surface area contributed by atoms with Crippen molar-refractivity contribution in [1.29, 1.82) is 0 Å². The summed E-state index contributed by atoms with van der Waals surface area (Å²) in [6.45, 7) is 4.82. The van der Waals surface area contributed by atoms with Gasteiger partial charge < -0.3 is 31.1 Å². The number of carboxylic acids is 1. The Balaban J connectivity index is 1.48. The topological polar surface area (TPSA) is 212 Å². The smallest absolute Gasteiger partial charge is 0.352 e. The highest BCUT2D eigenvalue weighted by molar-refractivity contribution is 8.00. The highest BCUT2D eigenvalue weighted by Crippen LogP contribution is 2.40. The Morgan fingerprint density at radius 1 is 1.26 bits per heavy atom.